The number of methoxy groups -OCH3 is 2. The number of halogens is 3. The number of piperazine rings is 1. The Bertz CT molecular complexity index is 509. The van der Waals surface area contributed by atoms with Crippen molar-refractivity contribution in [3.05, 3.63) is 22.2 Å². The first-order valence-electron chi connectivity index (χ1n) is 6.94. The molecular weight excluding hydrogens is 405 g/mol. The van der Waals surface area contributed by atoms with Crippen LogP contribution in [0, 0.1) is 11.3 Å². The fourth-order valence-electron chi connectivity index (χ4n) is 2.62. The number of nitrogens with one attached hydrogen (secondary N) is 1. The van der Waals surface area contributed by atoms with Gasteiger partial charge >= 0.3 is 0 Å². The Labute approximate surface area is 158 Å². The van der Waals surface area contributed by atoms with E-state index in [0.717, 1.165) is 47.7 Å². The third kappa shape index (κ3) is 5.40. The van der Waals surface area contributed by atoms with Crippen LogP contribution in [0.1, 0.15) is 18.0 Å². The fourth-order valence-corrected chi connectivity index (χ4v) is 3.17. The van der Waals surface area contributed by atoms with Crippen LogP contribution in [0.15, 0.2) is 16.6 Å². The summed E-state index contributed by atoms with van der Waals surface area (Å²) in [7, 11) is 3.26. The minimum absolute atomic E-state index is 0. The van der Waals surface area contributed by atoms with Crippen molar-refractivity contribution in [1.29, 1.82) is 5.26 Å². The summed E-state index contributed by atoms with van der Waals surface area (Å²) >= 11 is 3.48. The summed E-state index contributed by atoms with van der Waals surface area (Å²) in [6.07, 6.45) is 0.452. The Morgan fingerprint density at radius 2 is 1.74 bits per heavy atom. The van der Waals surface area contributed by atoms with Crippen molar-refractivity contribution in [2.75, 3.05) is 40.4 Å². The van der Waals surface area contributed by atoms with Gasteiger partial charge in [-0.05, 0) is 33.6 Å². The van der Waals surface area contributed by atoms with E-state index in [-0.39, 0.29) is 30.9 Å². The highest BCUT2D eigenvalue weighted by Gasteiger charge is 2.24. The zero-order chi connectivity index (χ0) is 15.2. The largest absolute Gasteiger partial charge is 0.495 e. The van der Waals surface area contributed by atoms with Crippen LogP contribution in [-0.2, 0) is 0 Å². The van der Waals surface area contributed by atoms with E-state index in [1.165, 1.54) is 0 Å². The molecule has 1 aliphatic rings. The SMILES string of the molecule is COc1cc([C@H](CC#N)N2CCNCC2)cc(OC)c1Br.Cl.Cl. The number of benzene rings is 1. The standard InChI is InChI=1S/C15H20BrN3O2.2ClH/c1-20-13-9-11(10-14(21-2)15(13)16)12(3-4-17)19-7-5-18-6-8-19;;/h9-10,12,18H,3,5-8H2,1-2H3;2*1H/t12-;;/m0../s1. The number of nitriles is 1. The van der Waals surface area contributed by atoms with Crippen molar-refractivity contribution in [3.63, 3.8) is 0 Å². The summed E-state index contributed by atoms with van der Waals surface area (Å²) in [5, 5.41) is 12.5. The molecule has 1 heterocycles. The van der Waals surface area contributed by atoms with Crippen molar-refractivity contribution in [2.24, 2.45) is 0 Å². The quantitative estimate of drug-likeness (QED) is 0.783. The summed E-state index contributed by atoms with van der Waals surface area (Å²) in [6, 6.07) is 6.33. The first kappa shape index (κ1) is 22.3. The lowest BCUT2D eigenvalue weighted by Gasteiger charge is -2.34. The van der Waals surface area contributed by atoms with E-state index in [4.69, 9.17) is 9.47 Å². The van der Waals surface area contributed by atoms with Gasteiger partial charge in [-0.1, -0.05) is 0 Å². The van der Waals surface area contributed by atoms with Gasteiger partial charge in [0.05, 0.1) is 26.7 Å². The molecule has 0 unspecified atom stereocenters. The Balaban J connectivity index is 0.00000242. The van der Waals surface area contributed by atoms with Gasteiger partial charge in [0.15, 0.2) is 0 Å². The van der Waals surface area contributed by atoms with Gasteiger partial charge < -0.3 is 14.8 Å². The number of nitrogens with zero attached hydrogens (tertiary/aromatic N) is 2. The molecule has 0 radical (unpaired) electrons. The second-order valence-electron chi connectivity index (χ2n) is 4.90. The molecule has 8 heteroatoms. The van der Waals surface area contributed by atoms with Gasteiger partial charge in [0.25, 0.3) is 0 Å². The summed E-state index contributed by atoms with van der Waals surface area (Å²) in [5.74, 6) is 1.45. The van der Waals surface area contributed by atoms with E-state index in [0.29, 0.717) is 6.42 Å². The number of hydrogen-bond acceptors (Lipinski definition) is 5. The number of hydrogen-bond donors (Lipinski definition) is 1. The highest BCUT2D eigenvalue weighted by molar-refractivity contribution is 9.10. The monoisotopic (exact) mass is 425 g/mol. The first-order valence-corrected chi connectivity index (χ1v) is 7.73. The molecule has 23 heavy (non-hydrogen) atoms. The first-order chi connectivity index (χ1) is 10.2. The van der Waals surface area contributed by atoms with Crippen molar-refractivity contribution in [2.45, 2.75) is 12.5 Å². The molecule has 1 atom stereocenters. The highest BCUT2D eigenvalue weighted by Crippen LogP contribution is 2.39. The van der Waals surface area contributed by atoms with Gasteiger partial charge in [-0.3, -0.25) is 4.90 Å². The second-order valence-corrected chi connectivity index (χ2v) is 5.70. The lowest BCUT2D eigenvalue weighted by atomic mass is 10.0. The molecule has 0 saturated carbocycles. The van der Waals surface area contributed by atoms with Crippen LogP contribution in [0.4, 0.5) is 0 Å². The minimum Gasteiger partial charge on any atom is -0.495 e. The van der Waals surface area contributed by atoms with Gasteiger partial charge in [-0.15, -0.1) is 24.8 Å². The Kier molecular flexibility index (Phi) is 10.6. The molecule has 1 saturated heterocycles. The Morgan fingerprint density at radius 3 is 2.17 bits per heavy atom. The van der Waals surface area contributed by atoms with E-state index in [1.807, 2.05) is 12.1 Å². The predicted molar refractivity (Wildman–Crippen MR) is 99.2 cm³/mol. The van der Waals surface area contributed by atoms with Crippen LogP contribution in [0.5, 0.6) is 11.5 Å². The molecule has 0 aromatic heterocycles. The molecule has 1 N–H and O–H groups in total. The minimum atomic E-state index is 0. The average Bonchev–Trinajstić information content (AvgIpc) is 2.54. The van der Waals surface area contributed by atoms with Gasteiger partial charge in [-0.2, -0.15) is 5.26 Å². The Hall–Kier alpha value is -0.710. The molecule has 5 nitrogen and oxygen atoms in total. The van der Waals surface area contributed by atoms with E-state index in [1.54, 1.807) is 14.2 Å². The lowest BCUT2D eigenvalue weighted by molar-refractivity contribution is 0.175. The zero-order valence-electron chi connectivity index (χ0n) is 13.2. The van der Waals surface area contributed by atoms with Crippen molar-refractivity contribution < 1.29 is 9.47 Å². The molecule has 0 amide bonds. The van der Waals surface area contributed by atoms with Gasteiger partial charge in [-0.25, -0.2) is 0 Å². The van der Waals surface area contributed by atoms with Crippen LogP contribution in [0.3, 0.4) is 0 Å². The molecule has 1 aromatic carbocycles. The van der Waals surface area contributed by atoms with Crippen LogP contribution in [0.25, 0.3) is 0 Å². The molecule has 1 fully saturated rings. The highest BCUT2D eigenvalue weighted by atomic mass is 79.9. The number of ether oxygens (including phenoxy) is 2. The predicted octanol–water partition coefficient (Wildman–Crippen LogP) is 3.17. The van der Waals surface area contributed by atoms with Crippen molar-refractivity contribution in [3.8, 4) is 17.6 Å². The topological polar surface area (TPSA) is 57.5 Å². The van der Waals surface area contributed by atoms with Gasteiger partial charge in [0, 0.05) is 32.2 Å². The van der Waals surface area contributed by atoms with E-state index < -0.39 is 0 Å². The maximum absolute atomic E-state index is 9.17. The molecule has 0 aliphatic carbocycles. The van der Waals surface area contributed by atoms with Crippen molar-refractivity contribution >= 4 is 40.7 Å². The average molecular weight is 427 g/mol. The van der Waals surface area contributed by atoms with E-state index in [9.17, 15) is 5.26 Å². The third-order valence-electron chi connectivity index (χ3n) is 3.73. The summed E-state index contributed by atoms with van der Waals surface area (Å²) in [4.78, 5) is 2.34. The Morgan fingerprint density at radius 1 is 1.22 bits per heavy atom. The molecular formula is C15H22BrCl2N3O2. The molecule has 0 spiro atoms. The molecule has 1 aromatic rings. The molecule has 130 valence electrons. The van der Waals surface area contributed by atoms with E-state index in [2.05, 4.69) is 32.2 Å². The van der Waals surface area contributed by atoms with Crippen LogP contribution < -0.4 is 14.8 Å². The normalized spacial score (nSPS) is 15.6. The second kappa shape index (κ2) is 11.0. The lowest BCUT2D eigenvalue weighted by Crippen LogP contribution is -2.45. The molecule has 2 rings (SSSR count). The molecule has 0 bridgehead atoms. The van der Waals surface area contributed by atoms with Gasteiger partial charge in [0.1, 0.15) is 16.0 Å². The van der Waals surface area contributed by atoms with Crippen LogP contribution >= 0.6 is 40.7 Å². The zero-order valence-corrected chi connectivity index (χ0v) is 16.4. The van der Waals surface area contributed by atoms with Crippen LogP contribution in [-0.4, -0.2) is 45.3 Å². The van der Waals surface area contributed by atoms with Gasteiger partial charge in [0.2, 0.25) is 0 Å². The maximum atomic E-state index is 9.17. The van der Waals surface area contributed by atoms with Crippen LogP contribution in [0.2, 0.25) is 0 Å². The summed E-state index contributed by atoms with van der Waals surface area (Å²) in [5.41, 5.74) is 1.05. The smallest absolute Gasteiger partial charge is 0.137 e. The van der Waals surface area contributed by atoms with Crippen molar-refractivity contribution in [1.82, 2.24) is 10.2 Å². The molecule has 1 aliphatic heterocycles. The fraction of sp³-hybridized carbons (Fsp3) is 0.533. The number of rotatable bonds is 5. The van der Waals surface area contributed by atoms with E-state index >= 15 is 0 Å². The third-order valence-corrected chi connectivity index (χ3v) is 4.51. The summed E-state index contributed by atoms with van der Waals surface area (Å²) < 4.78 is 11.6. The maximum Gasteiger partial charge on any atom is 0.137 e. The summed E-state index contributed by atoms with van der Waals surface area (Å²) in [6.45, 7) is 3.78.